The Hall–Kier alpha value is -2.65. The molecule has 0 saturated carbocycles. The maximum Gasteiger partial charge on any atom is 0.227 e. The minimum atomic E-state index is -0.168. The number of benzene rings is 1. The zero-order valence-corrected chi connectivity index (χ0v) is 20.2. The number of hydrogen-bond donors (Lipinski definition) is 0. The van der Waals surface area contributed by atoms with Crippen LogP contribution in [0.25, 0.3) is 0 Å². The number of aromatic nitrogens is 2. The fourth-order valence-electron chi connectivity index (χ4n) is 4.35. The van der Waals surface area contributed by atoms with Crippen LogP contribution in [-0.2, 0) is 27.2 Å². The summed E-state index contributed by atoms with van der Waals surface area (Å²) in [5.74, 6) is 1.81. The summed E-state index contributed by atoms with van der Waals surface area (Å²) in [6.07, 6.45) is 2.19. The van der Waals surface area contributed by atoms with Crippen LogP contribution < -0.4 is 4.74 Å². The zero-order chi connectivity index (χ0) is 23.9. The van der Waals surface area contributed by atoms with Crippen molar-refractivity contribution in [1.82, 2.24) is 19.9 Å². The number of nitrogens with zero attached hydrogens (tertiary/aromatic N) is 4. The van der Waals surface area contributed by atoms with Gasteiger partial charge in [-0.05, 0) is 24.3 Å². The molecule has 3 heterocycles. The Bertz CT molecular complexity index is 961. The van der Waals surface area contributed by atoms with Crippen LogP contribution in [0.15, 0.2) is 28.8 Å². The van der Waals surface area contributed by atoms with Crippen LogP contribution in [0.4, 0.5) is 0 Å². The van der Waals surface area contributed by atoms with Gasteiger partial charge >= 0.3 is 0 Å². The molecular formula is C24H31ClN4O5. The first-order chi connectivity index (χ1) is 16.5. The molecule has 0 radical (unpaired) electrons. The van der Waals surface area contributed by atoms with E-state index in [1.54, 1.807) is 12.1 Å². The second kappa shape index (κ2) is 11.7. The fourth-order valence-corrected chi connectivity index (χ4v) is 4.48. The van der Waals surface area contributed by atoms with Crippen molar-refractivity contribution < 1.29 is 23.6 Å². The molecule has 2 aliphatic rings. The van der Waals surface area contributed by atoms with Crippen molar-refractivity contribution in [3.8, 4) is 5.75 Å². The summed E-state index contributed by atoms with van der Waals surface area (Å²) in [6.45, 7) is 5.30. The lowest BCUT2D eigenvalue weighted by Gasteiger charge is -2.39. The van der Waals surface area contributed by atoms with E-state index in [2.05, 4.69) is 10.1 Å². The molecule has 2 atom stereocenters. The van der Waals surface area contributed by atoms with Crippen LogP contribution in [0, 0.1) is 5.92 Å². The Morgan fingerprint density at radius 3 is 2.59 bits per heavy atom. The van der Waals surface area contributed by atoms with Gasteiger partial charge in [0.05, 0.1) is 13.2 Å². The van der Waals surface area contributed by atoms with E-state index in [4.69, 9.17) is 25.6 Å². The number of rotatable bonds is 8. The summed E-state index contributed by atoms with van der Waals surface area (Å²) in [6, 6.07) is 7.22. The quantitative estimate of drug-likeness (QED) is 0.561. The number of likely N-dealkylation sites (tertiary alicyclic amines) is 1. The van der Waals surface area contributed by atoms with Gasteiger partial charge in [-0.1, -0.05) is 23.7 Å². The molecule has 2 aromatic rings. The van der Waals surface area contributed by atoms with Gasteiger partial charge in [-0.25, -0.2) is 0 Å². The highest BCUT2D eigenvalue weighted by molar-refractivity contribution is 6.30. The van der Waals surface area contributed by atoms with E-state index in [0.29, 0.717) is 87.6 Å². The maximum atomic E-state index is 13.0. The number of carbonyl (C=O) groups is 2. The van der Waals surface area contributed by atoms with Gasteiger partial charge in [0.25, 0.3) is 0 Å². The lowest BCUT2D eigenvalue weighted by molar-refractivity contribution is -0.141. The normalized spacial score (nSPS) is 20.9. The van der Waals surface area contributed by atoms with Crippen molar-refractivity contribution in [2.24, 2.45) is 5.92 Å². The van der Waals surface area contributed by atoms with Crippen LogP contribution in [-0.4, -0.2) is 77.3 Å². The minimum absolute atomic E-state index is 0.0185. The third-order valence-electron chi connectivity index (χ3n) is 6.30. The molecule has 0 unspecified atom stereocenters. The molecule has 2 fully saturated rings. The van der Waals surface area contributed by atoms with E-state index >= 15 is 0 Å². The average Bonchev–Trinajstić information content (AvgIpc) is 3.33. The highest BCUT2D eigenvalue weighted by atomic mass is 35.5. The summed E-state index contributed by atoms with van der Waals surface area (Å²) in [7, 11) is 0. The van der Waals surface area contributed by atoms with Gasteiger partial charge in [-0.2, -0.15) is 4.98 Å². The number of morpholine rings is 1. The topological polar surface area (TPSA) is 98.0 Å². The number of halogens is 1. The summed E-state index contributed by atoms with van der Waals surface area (Å²) < 4.78 is 16.8. The van der Waals surface area contributed by atoms with Crippen molar-refractivity contribution >= 4 is 23.4 Å². The number of amides is 2. The molecule has 0 aliphatic carbocycles. The summed E-state index contributed by atoms with van der Waals surface area (Å²) in [5.41, 5.74) is 0. The third-order valence-corrected chi connectivity index (χ3v) is 6.55. The average molecular weight is 491 g/mol. The van der Waals surface area contributed by atoms with Gasteiger partial charge in [-0.15, -0.1) is 0 Å². The Balaban J connectivity index is 1.39. The van der Waals surface area contributed by atoms with Crippen LogP contribution in [0.1, 0.15) is 37.9 Å². The van der Waals surface area contributed by atoms with Crippen LogP contribution in [0.3, 0.4) is 0 Å². The monoisotopic (exact) mass is 490 g/mol. The van der Waals surface area contributed by atoms with Crippen molar-refractivity contribution in [3.05, 3.63) is 41.0 Å². The maximum absolute atomic E-state index is 13.0. The van der Waals surface area contributed by atoms with E-state index in [-0.39, 0.29) is 30.3 Å². The van der Waals surface area contributed by atoms with Crippen molar-refractivity contribution in [2.45, 2.75) is 45.1 Å². The zero-order valence-electron chi connectivity index (χ0n) is 19.5. The lowest BCUT2D eigenvalue weighted by Crippen LogP contribution is -2.50. The van der Waals surface area contributed by atoms with E-state index in [0.717, 1.165) is 0 Å². The Labute approximate surface area is 204 Å². The second-order valence-corrected chi connectivity index (χ2v) is 9.09. The Morgan fingerprint density at radius 2 is 1.88 bits per heavy atom. The minimum Gasteiger partial charge on any atom is -0.490 e. The van der Waals surface area contributed by atoms with Crippen molar-refractivity contribution in [2.75, 3.05) is 39.4 Å². The number of ether oxygens (including phenoxy) is 2. The molecule has 34 heavy (non-hydrogen) atoms. The molecule has 9 nitrogen and oxygen atoms in total. The first-order valence-electron chi connectivity index (χ1n) is 11.9. The van der Waals surface area contributed by atoms with Gasteiger partial charge in [-0.3, -0.25) is 9.59 Å². The van der Waals surface area contributed by atoms with Gasteiger partial charge in [0, 0.05) is 69.2 Å². The van der Waals surface area contributed by atoms with E-state index in [9.17, 15) is 9.59 Å². The standard InChI is InChI=1S/C24H31ClN4O5/c1-2-21-26-22(34-27-21)7-8-23(30)29-10-9-20(33-19-5-3-18(25)4-6-19)17(16-29)15-24(31)28-11-13-32-14-12-28/h3-6,17,20H,2,7-16H2,1H3/t17-,20-/m0/s1. The first kappa shape index (κ1) is 24.5. The van der Waals surface area contributed by atoms with Crippen LogP contribution in [0.2, 0.25) is 5.02 Å². The first-order valence-corrected chi connectivity index (χ1v) is 12.3. The summed E-state index contributed by atoms with van der Waals surface area (Å²) >= 11 is 6.00. The van der Waals surface area contributed by atoms with Gasteiger partial charge in [0.1, 0.15) is 11.9 Å². The molecule has 184 valence electrons. The highest BCUT2D eigenvalue weighted by Gasteiger charge is 2.35. The fraction of sp³-hybridized carbons (Fsp3) is 0.583. The van der Waals surface area contributed by atoms with Gasteiger partial charge < -0.3 is 23.8 Å². The summed E-state index contributed by atoms with van der Waals surface area (Å²) in [4.78, 5) is 33.9. The molecule has 2 aliphatic heterocycles. The molecule has 2 saturated heterocycles. The molecule has 1 aromatic carbocycles. The van der Waals surface area contributed by atoms with Crippen molar-refractivity contribution in [3.63, 3.8) is 0 Å². The number of aryl methyl sites for hydroxylation is 2. The number of piperidine rings is 1. The molecule has 0 bridgehead atoms. The Morgan fingerprint density at radius 1 is 1.12 bits per heavy atom. The molecule has 1 aromatic heterocycles. The van der Waals surface area contributed by atoms with Crippen LogP contribution >= 0.6 is 11.6 Å². The molecule has 0 N–H and O–H groups in total. The largest absolute Gasteiger partial charge is 0.490 e. The van der Waals surface area contributed by atoms with E-state index in [1.807, 2.05) is 28.9 Å². The van der Waals surface area contributed by atoms with Gasteiger partial charge in [0.15, 0.2) is 5.82 Å². The predicted molar refractivity (Wildman–Crippen MR) is 125 cm³/mol. The number of hydrogen-bond acceptors (Lipinski definition) is 7. The second-order valence-electron chi connectivity index (χ2n) is 8.65. The lowest BCUT2D eigenvalue weighted by atomic mass is 9.90. The molecule has 2 amide bonds. The third kappa shape index (κ3) is 6.48. The van der Waals surface area contributed by atoms with Gasteiger partial charge in [0.2, 0.25) is 17.7 Å². The van der Waals surface area contributed by atoms with Crippen molar-refractivity contribution in [1.29, 1.82) is 0 Å². The molecule has 0 spiro atoms. The Kier molecular flexibility index (Phi) is 8.39. The molecule has 4 rings (SSSR count). The molecule has 10 heteroatoms. The SMILES string of the molecule is CCc1noc(CCC(=O)N2CC[C@H](Oc3ccc(Cl)cc3)[C@@H](CC(=O)N3CCOCC3)C2)n1. The van der Waals surface area contributed by atoms with E-state index < -0.39 is 0 Å². The summed E-state index contributed by atoms with van der Waals surface area (Å²) in [5, 5.41) is 4.52. The van der Waals surface area contributed by atoms with Crippen LogP contribution in [0.5, 0.6) is 5.75 Å². The highest BCUT2D eigenvalue weighted by Crippen LogP contribution is 2.28. The smallest absolute Gasteiger partial charge is 0.227 e. The van der Waals surface area contributed by atoms with E-state index in [1.165, 1.54) is 0 Å². The predicted octanol–water partition coefficient (Wildman–Crippen LogP) is 2.76. The molecular weight excluding hydrogens is 460 g/mol. The number of carbonyl (C=O) groups excluding carboxylic acids is 2.